The van der Waals surface area contributed by atoms with Gasteiger partial charge in [-0.1, -0.05) is 0 Å². The number of anilines is 1. The molecule has 1 amide bonds. The Morgan fingerprint density at radius 3 is 2.94 bits per heavy atom. The zero-order valence-corrected chi connectivity index (χ0v) is 10.4. The fourth-order valence-electron chi connectivity index (χ4n) is 1.44. The van der Waals surface area contributed by atoms with Crippen LogP contribution in [0.1, 0.15) is 18.4 Å². The maximum atomic E-state index is 13.2. The summed E-state index contributed by atoms with van der Waals surface area (Å²) >= 11 is 1.34. The van der Waals surface area contributed by atoms with E-state index in [-0.39, 0.29) is 11.7 Å². The van der Waals surface area contributed by atoms with Crippen molar-refractivity contribution in [3.05, 3.63) is 23.5 Å². The lowest BCUT2D eigenvalue weighted by Gasteiger charge is -2.07. The monoisotopic (exact) mass is 254 g/mol. The highest BCUT2D eigenvalue weighted by Crippen LogP contribution is 2.28. The third kappa shape index (κ3) is 3.36. The zero-order valence-electron chi connectivity index (χ0n) is 9.63. The SMILES string of the molecule is Cc1cc(SCC(=O)NC2CC2)c(N)cc1F. The molecule has 0 saturated heterocycles. The molecule has 1 aliphatic rings. The topological polar surface area (TPSA) is 55.1 Å². The van der Waals surface area contributed by atoms with Crippen molar-refractivity contribution in [2.75, 3.05) is 11.5 Å². The van der Waals surface area contributed by atoms with Crippen LogP contribution in [0.15, 0.2) is 17.0 Å². The van der Waals surface area contributed by atoms with Crippen LogP contribution in [0.4, 0.5) is 10.1 Å². The van der Waals surface area contributed by atoms with Gasteiger partial charge in [-0.3, -0.25) is 4.79 Å². The Balaban J connectivity index is 1.93. The highest BCUT2D eigenvalue weighted by Gasteiger charge is 2.23. The van der Waals surface area contributed by atoms with Crippen LogP contribution in [0.2, 0.25) is 0 Å². The van der Waals surface area contributed by atoms with Gasteiger partial charge in [-0.15, -0.1) is 11.8 Å². The molecule has 1 fully saturated rings. The number of hydrogen-bond donors (Lipinski definition) is 2. The van der Waals surface area contributed by atoms with Crippen LogP contribution < -0.4 is 11.1 Å². The number of carbonyl (C=O) groups is 1. The Hall–Kier alpha value is -1.23. The van der Waals surface area contributed by atoms with Gasteiger partial charge in [0, 0.05) is 16.6 Å². The average molecular weight is 254 g/mol. The second-order valence-electron chi connectivity index (χ2n) is 4.27. The van der Waals surface area contributed by atoms with E-state index in [4.69, 9.17) is 5.73 Å². The molecular weight excluding hydrogens is 239 g/mol. The predicted molar refractivity (Wildman–Crippen MR) is 67.4 cm³/mol. The second kappa shape index (κ2) is 4.96. The number of carbonyl (C=O) groups excluding carboxylic acids is 1. The van der Waals surface area contributed by atoms with Crippen LogP contribution in [-0.2, 0) is 4.79 Å². The number of aryl methyl sites for hydroxylation is 1. The second-order valence-corrected chi connectivity index (χ2v) is 5.29. The van der Waals surface area contributed by atoms with Crippen molar-refractivity contribution in [2.45, 2.75) is 30.7 Å². The summed E-state index contributed by atoms with van der Waals surface area (Å²) in [6, 6.07) is 3.35. The third-order valence-corrected chi connectivity index (χ3v) is 3.66. The van der Waals surface area contributed by atoms with Crippen molar-refractivity contribution >= 4 is 23.4 Å². The Morgan fingerprint density at radius 1 is 1.59 bits per heavy atom. The molecule has 3 N–H and O–H groups in total. The van der Waals surface area contributed by atoms with Gasteiger partial charge < -0.3 is 11.1 Å². The predicted octanol–water partition coefficient (Wildman–Crippen LogP) is 2.09. The van der Waals surface area contributed by atoms with Gasteiger partial charge in [-0.25, -0.2) is 4.39 Å². The molecule has 1 aromatic carbocycles. The molecule has 0 unspecified atom stereocenters. The Kier molecular flexibility index (Phi) is 3.57. The molecule has 0 aliphatic heterocycles. The van der Waals surface area contributed by atoms with Gasteiger partial charge >= 0.3 is 0 Å². The minimum absolute atomic E-state index is 0.0129. The molecule has 0 bridgehead atoms. The number of amides is 1. The van der Waals surface area contributed by atoms with Gasteiger partial charge in [0.1, 0.15) is 5.82 Å². The molecular formula is C12H15FN2OS. The van der Waals surface area contributed by atoms with Crippen molar-refractivity contribution in [3.63, 3.8) is 0 Å². The first-order valence-corrected chi connectivity index (χ1v) is 6.52. The van der Waals surface area contributed by atoms with Gasteiger partial charge in [-0.05, 0) is 37.5 Å². The molecule has 0 radical (unpaired) electrons. The quantitative estimate of drug-likeness (QED) is 0.639. The summed E-state index contributed by atoms with van der Waals surface area (Å²) in [6.45, 7) is 1.68. The number of nitrogen functional groups attached to an aromatic ring is 1. The lowest BCUT2D eigenvalue weighted by molar-refractivity contribution is -0.118. The molecule has 1 saturated carbocycles. The molecule has 17 heavy (non-hydrogen) atoms. The van der Waals surface area contributed by atoms with Crippen LogP contribution in [0.3, 0.4) is 0 Å². The summed E-state index contributed by atoms with van der Waals surface area (Å²) in [4.78, 5) is 12.2. The van der Waals surface area contributed by atoms with E-state index in [1.807, 2.05) is 0 Å². The summed E-state index contributed by atoms with van der Waals surface area (Å²) in [5.41, 5.74) is 6.63. The summed E-state index contributed by atoms with van der Waals surface area (Å²) in [5, 5.41) is 2.89. The van der Waals surface area contributed by atoms with E-state index in [2.05, 4.69) is 5.32 Å². The van der Waals surface area contributed by atoms with Crippen LogP contribution >= 0.6 is 11.8 Å². The van der Waals surface area contributed by atoms with Crippen molar-refractivity contribution in [1.82, 2.24) is 5.32 Å². The van der Waals surface area contributed by atoms with Gasteiger partial charge in [0.05, 0.1) is 5.75 Å². The summed E-state index contributed by atoms with van der Waals surface area (Å²) in [5.74, 6) is 0.0272. The standard InChI is InChI=1S/C12H15FN2OS/c1-7-4-11(10(14)5-9(7)13)17-6-12(16)15-8-2-3-8/h4-5,8H,2-3,6,14H2,1H3,(H,15,16). The minimum Gasteiger partial charge on any atom is -0.398 e. The van der Waals surface area contributed by atoms with Crippen LogP contribution in [0, 0.1) is 12.7 Å². The largest absolute Gasteiger partial charge is 0.398 e. The average Bonchev–Trinajstić information content (AvgIpc) is 3.05. The fourth-order valence-corrected chi connectivity index (χ4v) is 2.29. The maximum absolute atomic E-state index is 13.2. The Morgan fingerprint density at radius 2 is 2.29 bits per heavy atom. The van der Waals surface area contributed by atoms with Crippen molar-refractivity contribution in [1.29, 1.82) is 0 Å². The van der Waals surface area contributed by atoms with E-state index in [0.29, 0.717) is 23.0 Å². The molecule has 2 rings (SSSR count). The summed E-state index contributed by atoms with van der Waals surface area (Å²) < 4.78 is 13.2. The molecule has 0 heterocycles. The fraction of sp³-hybridized carbons (Fsp3) is 0.417. The molecule has 1 aromatic rings. The van der Waals surface area contributed by atoms with E-state index in [1.54, 1.807) is 13.0 Å². The van der Waals surface area contributed by atoms with E-state index in [0.717, 1.165) is 17.7 Å². The van der Waals surface area contributed by atoms with Gasteiger partial charge in [0.25, 0.3) is 0 Å². The normalized spacial score (nSPS) is 14.7. The smallest absolute Gasteiger partial charge is 0.230 e. The number of rotatable bonds is 4. The number of benzene rings is 1. The van der Waals surface area contributed by atoms with E-state index < -0.39 is 0 Å². The zero-order chi connectivity index (χ0) is 12.4. The molecule has 0 aromatic heterocycles. The van der Waals surface area contributed by atoms with Crippen LogP contribution in [0.5, 0.6) is 0 Å². The van der Waals surface area contributed by atoms with Crippen LogP contribution in [0.25, 0.3) is 0 Å². The van der Waals surface area contributed by atoms with Crippen molar-refractivity contribution in [3.8, 4) is 0 Å². The molecule has 92 valence electrons. The summed E-state index contributed by atoms with van der Waals surface area (Å²) in [6.07, 6.45) is 2.16. The third-order valence-electron chi connectivity index (χ3n) is 2.59. The minimum atomic E-state index is -0.311. The molecule has 3 nitrogen and oxygen atoms in total. The lowest BCUT2D eigenvalue weighted by Crippen LogP contribution is -2.27. The molecule has 5 heteroatoms. The number of nitrogens with two attached hydrogens (primary N) is 1. The molecule has 1 aliphatic carbocycles. The molecule has 0 spiro atoms. The van der Waals surface area contributed by atoms with Crippen molar-refractivity contribution in [2.24, 2.45) is 0 Å². The molecule has 0 atom stereocenters. The van der Waals surface area contributed by atoms with E-state index in [1.165, 1.54) is 17.8 Å². The Bertz CT molecular complexity index is 446. The first kappa shape index (κ1) is 12.2. The first-order chi connectivity index (χ1) is 8.06. The number of nitrogens with one attached hydrogen (secondary N) is 1. The highest BCUT2D eigenvalue weighted by atomic mass is 32.2. The van der Waals surface area contributed by atoms with E-state index >= 15 is 0 Å². The number of hydrogen-bond acceptors (Lipinski definition) is 3. The number of thioether (sulfide) groups is 1. The van der Waals surface area contributed by atoms with Crippen LogP contribution in [-0.4, -0.2) is 17.7 Å². The van der Waals surface area contributed by atoms with Gasteiger partial charge in [0.15, 0.2) is 0 Å². The van der Waals surface area contributed by atoms with E-state index in [9.17, 15) is 9.18 Å². The van der Waals surface area contributed by atoms with Crippen molar-refractivity contribution < 1.29 is 9.18 Å². The maximum Gasteiger partial charge on any atom is 0.230 e. The van der Waals surface area contributed by atoms with Gasteiger partial charge in [0.2, 0.25) is 5.91 Å². The first-order valence-electron chi connectivity index (χ1n) is 5.54. The number of halogens is 1. The van der Waals surface area contributed by atoms with Gasteiger partial charge in [-0.2, -0.15) is 0 Å². The summed E-state index contributed by atoms with van der Waals surface area (Å²) in [7, 11) is 0. The Labute approximate surface area is 104 Å². The lowest BCUT2D eigenvalue weighted by atomic mass is 10.2. The highest BCUT2D eigenvalue weighted by molar-refractivity contribution is 8.00.